The van der Waals surface area contributed by atoms with Crippen LogP contribution in [0.4, 0.5) is 0 Å². The Bertz CT molecular complexity index is 1040. The number of Topliss-reactive ketones (excluding diaryl/α,β-unsaturated/α-hetero) is 1. The number of carbonyl (C=O) groups is 2. The molecule has 1 N–H and O–H groups in total. The maximum absolute atomic E-state index is 13.2. The summed E-state index contributed by atoms with van der Waals surface area (Å²) in [5, 5.41) is 11.3. The zero-order chi connectivity index (χ0) is 24.7. The molecule has 0 aliphatic carbocycles. The van der Waals surface area contributed by atoms with Crippen molar-refractivity contribution in [1.29, 1.82) is 0 Å². The van der Waals surface area contributed by atoms with E-state index in [9.17, 15) is 14.7 Å². The molecule has 1 aliphatic rings. The number of ketones is 1. The van der Waals surface area contributed by atoms with Crippen molar-refractivity contribution in [1.82, 2.24) is 4.90 Å². The van der Waals surface area contributed by atoms with Crippen LogP contribution in [-0.4, -0.2) is 54.7 Å². The molecule has 1 heterocycles. The minimum atomic E-state index is -0.739. The molecular weight excluding hydrogens is 434 g/mol. The SMILES string of the molecule is CCCOc1cccc(C2/C(=C(/O)c3cccc(OC(C)C)c3)C(=O)C(=O)N2CCCOC)c1. The van der Waals surface area contributed by atoms with Crippen LogP contribution in [0.1, 0.15) is 50.8 Å². The van der Waals surface area contributed by atoms with Crippen molar-refractivity contribution < 1.29 is 28.9 Å². The number of hydrogen-bond acceptors (Lipinski definition) is 6. The van der Waals surface area contributed by atoms with Gasteiger partial charge in [-0.2, -0.15) is 0 Å². The number of rotatable bonds is 11. The van der Waals surface area contributed by atoms with Crippen molar-refractivity contribution in [3.63, 3.8) is 0 Å². The van der Waals surface area contributed by atoms with Crippen LogP contribution in [0.15, 0.2) is 54.1 Å². The number of hydrogen-bond donors (Lipinski definition) is 1. The van der Waals surface area contributed by atoms with Crippen molar-refractivity contribution >= 4 is 17.4 Å². The molecule has 182 valence electrons. The van der Waals surface area contributed by atoms with Gasteiger partial charge in [0.05, 0.1) is 24.3 Å². The lowest BCUT2D eigenvalue weighted by molar-refractivity contribution is -0.140. The fourth-order valence-electron chi connectivity index (χ4n) is 3.98. The van der Waals surface area contributed by atoms with Gasteiger partial charge in [-0.05, 0) is 56.5 Å². The number of benzene rings is 2. The number of nitrogens with zero attached hydrogens (tertiary/aromatic N) is 1. The number of aliphatic hydroxyl groups excluding tert-OH is 1. The van der Waals surface area contributed by atoms with Gasteiger partial charge < -0.3 is 24.2 Å². The van der Waals surface area contributed by atoms with Crippen molar-refractivity contribution in [2.24, 2.45) is 0 Å². The average molecular weight is 468 g/mol. The topological polar surface area (TPSA) is 85.3 Å². The van der Waals surface area contributed by atoms with Crippen LogP contribution in [-0.2, 0) is 14.3 Å². The Balaban J connectivity index is 2.09. The first-order valence-corrected chi connectivity index (χ1v) is 11.6. The first kappa shape index (κ1) is 25.3. The number of likely N-dealkylation sites (tertiary alicyclic amines) is 1. The Labute approximate surface area is 200 Å². The van der Waals surface area contributed by atoms with Gasteiger partial charge >= 0.3 is 0 Å². The normalized spacial score (nSPS) is 17.4. The summed E-state index contributed by atoms with van der Waals surface area (Å²) < 4.78 is 16.7. The Kier molecular flexibility index (Phi) is 8.71. The van der Waals surface area contributed by atoms with Crippen molar-refractivity contribution in [2.75, 3.05) is 26.9 Å². The van der Waals surface area contributed by atoms with Gasteiger partial charge in [0.2, 0.25) is 0 Å². The van der Waals surface area contributed by atoms with Gasteiger partial charge in [0.15, 0.2) is 0 Å². The summed E-state index contributed by atoms with van der Waals surface area (Å²) in [7, 11) is 1.59. The van der Waals surface area contributed by atoms with E-state index in [1.54, 1.807) is 31.4 Å². The zero-order valence-electron chi connectivity index (χ0n) is 20.2. The van der Waals surface area contributed by atoms with Crippen LogP contribution in [0.25, 0.3) is 5.76 Å². The molecule has 0 saturated carbocycles. The molecule has 1 aliphatic heterocycles. The van der Waals surface area contributed by atoms with E-state index in [4.69, 9.17) is 14.2 Å². The summed E-state index contributed by atoms with van der Waals surface area (Å²) >= 11 is 0. The summed E-state index contributed by atoms with van der Waals surface area (Å²) in [5.74, 6) is -0.368. The number of carbonyl (C=O) groups excluding carboxylic acids is 2. The second kappa shape index (κ2) is 11.7. The first-order chi connectivity index (χ1) is 16.4. The zero-order valence-corrected chi connectivity index (χ0v) is 20.2. The van der Waals surface area contributed by atoms with E-state index in [2.05, 4.69) is 0 Å². The van der Waals surface area contributed by atoms with Gasteiger partial charge in [-0.1, -0.05) is 31.2 Å². The summed E-state index contributed by atoms with van der Waals surface area (Å²) in [5.41, 5.74) is 1.16. The van der Waals surface area contributed by atoms with Gasteiger partial charge in [-0.25, -0.2) is 0 Å². The Hall–Kier alpha value is -3.32. The summed E-state index contributed by atoms with van der Waals surface area (Å²) in [6.45, 7) is 7.16. The fraction of sp³-hybridized carbons (Fsp3) is 0.407. The number of ether oxygens (including phenoxy) is 3. The first-order valence-electron chi connectivity index (χ1n) is 11.6. The lowest BCUT2D eigenvalue weighted by Crippen LogP contribution is -2.31. The van der Waals surface area contributed by atoms with Crippen molar-refractivity contribution in [3.05, 3.63) is 65.2 Å². The molecule has 0 aromatic heterocycles. The molecule has 7 nitrogen and oxygen atoms in total. The predicted molar refractivity (Wildman–Crippen MR) is 130 cm³/mol. The van der Waals surface area contributed by atoms with E-state index in [-0.39, 0.29) is 17.4 Å². The molecule has 1 atom stereocenters. The highest BCUT2D eigenvalue weighted by molar-refractivity contribution is 6.46. The van der Waals surface area contributed by atoms with Gasteiger partial charge in [0.1, 0.15) is 17.3 Å². The Morgan fingerprint density at radius 3 is 2.50 bits per heavy atom. The third kappa shape index (κ3) is 5.78. The van der Waals surface area contributed by atoms with Gasteiger partial charge in [-0.15, -0.1) is 0 Å². The molecule has 0 radical (unpaired) electrons. The predicted octanol–water partition coefficient (Wildman–Crippen LogP) is 4.72. The number of amides is 1. The maximum atomic E-state index is 13.2. The van der Waals surface area contributed by atoms with Crippen molar-refractivity contribution in [2.45, 2.75) is 45.8 Å². The molecule has 2 aromatic carbocycles. The van der Waals surface area contributed by atoms with Crippen molar-refractivity contribution in [3.8, 4) is 11.5 Å². The van der Waals surface area contributed by atoms with Crippen LogP contribution in [0.5, 0.6) is 11.5 Å². The van der Waals surface area contributed by atoms with Crippen LogP contribution < -0.4 is 9.47 Å². The maximum Gasteiger partial charge on any atom is 0.295 e. The molecule has 0 bridgehead atoms. The van der Waals surface area contributed by atoms with E-state index in [1.165, 1.54) is 4.90 Å². The standard InChI is InChI=1S/C27H33NO6/c1-5-14-33-21-11-6-9-19(16-21)24-23(26(30)27(31)28(24)13-8-15-32-4)25(29)20-10-7-12-22(17-20)34-18(2)3/h6-7,9-12,16-18,24,29H,5,8,13-15H2,1-4H3/b25-23-. The Morgan fingerprint density at radius 1 is 1.06 bits per heavy atom. The van der Waals surface area contributed by atoms with Crippen LogP contribution in [0.3, 0.4) is 0 Å². The van der Waals surface area contributed by atoms with Gasteiger partial charge in [-0.3, -0.25) is 9.59 Å². The van der Waals surface area contributed by atoms with Crippen LogP contribution in [0.2, 0.25) is 0 Å². The lowest BCUT2D eigenvalue weighted by atomic mass is 9.95. The molecule has 1 amide bonds. The average Bonchev–Trinajstić information content (AvgIpc) is 3.07. The molecule has 1 unspecified atom stereocenters. The largest absolute Gasteiger partial charge is 0.507 e. The van der Waals surface area contributed by atoms with Crippen LogP contribution in [0, 0.1) is 0 Å². The second-order valence-corrected chi connectivity index (χ2v) is 8.45. The molecule has 34 heavy (non-hydrogen) atoms. The van der Waals surface area contributed by atoms with Crippen LogP contribution >= 0.6 is 0 Å². The Morgan fingerprint density at radius 2 is 1.79 bits per heavy atom. The molecule has 0 spiro atoms. The van der Waals surface area contributed by atoms with E-state index in [0.717, 1.165) is 6.42 Å². The van der Waals surface area contributed by atoms with E-state index in [1.807, 2.05) is 45.0 Å². The second-order valence-electron chi connectivity index (χ2n) is 8.45. The number of methoxy groups -OCH3 is 1. The van der Waals surface area contributed by atoms with Gasteiger partial charge in [0.25, 0.3) is 11.7 Å². The molecular formula is C27H33NO6. The minimum Gasteiger partial charge on any atom is -0.507 e. The molecule has 2 aromatic rings. The molecule has 3 rings (SSSR count). The van der Waals surface area contributed by atoms with E-state index >= 15 is 0 Å². The summed E-state index contributed by atoms with van der Waals surface area (Å²) in [4.78, 5) is 27.7. The molecule has 1 saturated heterocycles. The highest BCUT2D eigenvalue weighted by Crippen LogP contribution is 2.40. The highest BCUT2D eigenvalue weighted by atomic mass is 16.5. The monoisotopic (exact) mass is 467 g/mol. The molecule has 1 fully saturated rings. The summed E-state index contributed by atoms with van der Waals surface area (Å²) in [6.07, 6.45) is 1.37. The highest BCUT2D eigenvalue weighted by Gasteiger charge is 2.45. The van der Waals surface area contributed by atoms with E-state index in [0.29, 0.717) is 48.8 Å². The third-order valence-corrected chi connectivity index (χ3v) is 5.41. The number of aliphatic hydroxyl groups is 1. The third-order valence-electron chi connectivity index (χ3n) is 5.41. The minimum absolute atomic E-state index is 0.0466. The van der Waals surface area contributed by atoms with E-state index < -0.39 is 17.7 Å². The fourth-order valence-corrected chi connectivity index (χ4v) is 3.98. The lowest BCUT2D eigenvalue weighted by Gasteiger charge is -2.25. The quantitative estimate of drug-likeness (QED) is 0.223. The summed E-state index contributed by atoms with van der Waals surface area (Å²) in [6, 6.07) is 13.5. The molecule has 7 heteroatoms. The van der Waals surface area contributed by atoms with Gasteiger partial charge in [0, 0.05) is 25.8 Å². The smallest absolute Gasteiger partial charge is 0.295 e.